The van der Waals surface area contributed by atoms with Gasteiger partial charge in [-0.1, -0.05) is 65.4 Å². The van der Waals surface area contributed by atoms with Gasteiger partial charge in [-0.2, -0.15) is 0 Å². The van der Waals surface area contributed by atoms with E-state index in [-0.39, 0.29) is 12.5 Å². The maximum atomic E-state index is 12.7. The lowest BCUT2D eigenvalue weighted by molar-refractivity contribution is 0.102. The normalized spacial score (nSPS) is 11.7. The van der Waals surface area contributed by atoms with Crippen LogP contribution in [-0.4, -0.2) is 28.6 Å². The molecule has 0 saturated heterocycles. The Morgan fingerprint density at radius 1 is 1.06 bits per heavy atom. The number of benzene rings is 3. The zero-order valence-corrected chi connectivity index (χ0v) is 19.2. The molecule has 1 aromatic heterocycles. The number of urea groups is 1. The number of thiazole rings is 1. The molecule has 9 heteroatoms. The molecule has 0 saturated carbocycles. The molecular weight excluding hydrogens is 460 g/mol. The van der Waals surface area contributed by atoms with Gasteiger partial charge >= 0.3 is 6.03 Å². The minimum Gasteiger partial charge on any atom is -0.394 e. The van der Waals surface area contributed by atoms with E-state index in [4.69, 9.17) is 11.6 Å². The number of nitrogens with zero attached hydrogens (tertiary/aromatic N) is 1. The van der Waals surface area contributed by atoms with Crippen molar-refractivity contribution in [3.63, 3.8) is 0 Å². The highest BCUT2D eigenvalue weighted by Crippen LogP contribution is 2.29. The fourth-order valence-corrected chi connectivity index (χ4v) is 4.48. The number of aryl methyl sites for hydroxylation is 1. The number of amides is 3. The number of para-hydroxylation sites is 1. The lowest BCUT2D eigenvalue weighted by atomic mass is 10.1. The number of carbonyl (C=O) groups is 2. The number of aromatic nitrogens is 1. The standard InChI is InChI=1S/C24H21ClN4O3S/c1-14-6-5-9-17(25)21(14)28-22(31)16-10-11-18-20(12-16)33-24(27-18)29-23(32)26-19(13-30)15-7-3-2-4-8-15/h2-12,19,30H,13H2,1H3,(H,28,31)(H2,26,27,29,32)/t19-/m0/s1. The van der Waals surface area contributed by atoms with E-state index in [1.807, 2.05) is 49.4 Å². The number of fused-ring (bicyclic) bond motifs is 1. The predicted octanol–water partition coefficient (Wildman–Crippen LogP) is 5.37. The Hall–Kier alpha value is -3.46. The van der Waals surface area contributed by atoms with Gasteiger partial charge in [0.2, 0.25) is 0 Å². The van der Waals surface area contributed by atoms with Crippen molar-refractivity contribution in [1.29, 1.82) is 0 Å². The van der Waals surface area contributed by atoms with E-state index in [1.165, 1.54) is 11.3 Å². The third-order valence-corrected chi connectivity index (χ3v) is 6.27. The molecule has 0 aliphatic rings. The number of rotatable bonds is 6. The Balaban J connectivity index is 1.46. The summed E-state index contributed by atoms with van der Waals surface area (Å²) in [4.78, 5) is 29.6. The predicted molar refractivity (Wildman–Crippen MR) is 132 cm³/mol. The molecule has 0 bridgehead atoms. The van der Waals surface area contributed by atoms with Gasteiger partial charge in [0.1, 0.15) is 0 Å². The molecule has 3 amide bonds. The van der Waals surface area contributed by atoms with Crippen LogP contribution in [-0.2, 0) is 0 Å². The van der Waals surface area contributed by atoms with Crippen LogP contribution in [0.2, 0.25) is 5.02 Å². The number of aliphatic hydroxyl groups is 1. The van der Waals surface area contributed by atoms with Crippen LogP contribution < -0.4 is 16.0 Å². The number of nitrogens with one attached hydrogen (secondary N) is 3. The summed E-state index contributed by atoms with van der Waals surface area (Å²) >= 11 is 7.46. The zero-order chi connectivity index (χ0) is 23.4. The van der Waals surface area contributed by atoms with E-state index in [1.54, 1.807) is 24.3 Å². The van der Waals surface area contributed by atoms with Crippen LogP contribution in [0.4, 0.5) is 15.6 Å². The molecule has 4 N–H and O–H groups in total. The summed E-state index contributed by atoms with van der Waals surface area (Å²) in [6.07, 6.45) is 0. The highest BCUT2D eigenvalue weighted by molar-refractivity contribution is 7.22. The van der Waals surface area contributed by atoms with Crippen molar-refractivity contribution in [1.82, 2.24) is 10.3 Å². The molecule has 4 aromatic rings. The van der Waals surface area contributed by atoms with E-state index in [0.717, 1.165) is 15.8 Å². The lowest BCUT2D eigenvalue weighted by Gasteiger charge is -2.16. The fraction of sp³-hybridized carbons (Fsp3) is 0.125. The minimum absolute atomic E-state index is 0.235. The van der Waals surface area contributed by atoms with E-state index in [2.05, 4.69) is 20.9 Å². The second-order valence-electron chi connectivity index (χ2n) is 7.33. The van der Waals surface area contributed by atoms with Crippen molar-refractivity contribution >= 4 is 55.9 Å². The Morgan fingerprint density at radius 2 is 1.85 bits per heavy atom. The second-order valence-corrected chi connectivity index (χ2v) is 8.77. The van der Waals surface area contributed by atoms with Gasteiger partial charge in [-0.05, 0) is 42.3 Å². The number of hydrogen-bond donors (Lipinski definition) is 4. The monoisotopic (exact) mass is 480 g/mol. The topological polar surface area (TPSA) is 103 Å². The molecule has 0 unspecified atom stereocenters. The summed E-state index contributed by atoms with van der Waals surface area (Å²) in [5, 5.41) is 18.8. The summed E-state index contributed by atoms with van der Waals surface area (Å²) in [5.41, 5.74) is 3.34. The summed E-state index contributed by atoms with van der Waals surface area (Å²) in [7, 11) is 0. The average molecular weight is 481 g/mol. The molecule has 0 aliphatic carbocycles. The van der Waals surface area contributed by atoms with Gasteiger partial charge in [-0.3, -0.25) is 10.1 Å². The maximum absolute atomic E-state index is 12.7. The number of hydrogen-bond acceptors (Lipinski definition) is 5. The number of aliphatic hydroxyl groups excluding tert-OH is 1. The highest BCUT2D eigenvalue weighted by atomic mass is 35.5. The van der Waals surface area contributed by atoms with E-state index in [9.17, 15) is 14.7 Å². The van der Waals surface area contributed by atoms with Crippen molar-refractivity contribution in [3.8, 4) is 0 Å². The minimum atomic E-state index is -0.538. The summed E-state index contributed by atoms with van der Waals surface area (Å²) in [5.74, 6) is -0.289. The van der Waals surface area contributed by atoms with E-state index in [0.29, 0.717) is 26.9 Å². The van der Waals surface area contributed by atoms with Gasteiger partial charge in [-0.25, -0.2) is 9.78 Å². The quantitative estimate of drug-likeness (QED) is 0.298. The van der Waals surface area contributed by atoms with Crippen LogP contribution in [0.3, 0.4) is 0 Å². The first-order chi connectivity index (χ1) is 15.9. The molecular formula is C24H21ClN4O3S. The van der Waals surface area contributed by atoms with Crippen molar-refractivity contribution in [2.75, 3.05) is 17.2 Å². The molecule has 4 rings (SSSR count). The smallest absolute Gasteiger partial charge is 0.321 e. The maximum Gasteiger partial charge on any atom is 0.321 e. The molecule has 0 fully saturated rings. The van der Waals surface area contributed by atoms with Gasteiger partial charge in [-0.15, -0.1) is 0 Å². The Kier molecular flexibility index (Phi) is 6.88. The summed E-state index contributed by atoms with van der Waals surface area (Å²) in [6, 6.07) is 18.7. The molecule has 3 aromatic carbocycles. The molecule has 0 radical (unpaired) electrons. The first kappa shape index (κ1) is 22.7. The summed E-state index contributed by atoms with van der Waals surface area (Å²) in [6.45, 7) is 1.64. The van der Waals surface area contributed by atoms with Gasteiger partial charge in [0, 0.05) is 5.56 Å². The van der Waals surface area contributed by atoms with Crippen LogP contribution in [0.15, 0.2) is 66.7 Å². The second kappa shape index (κ2) is 9.99. The molecule has 0 spiro atoms. The van der Waals surface area contributed by atoms with Crippen LogP contribution >= 0.6 is 22.9 Å². The van der Waals surface area contributed by atoms with E-state index >= 15 is 0 Å². The van der Waals surface area contributed by atoms with Gasteiger partial charge in [0.25, 0.3) is 5.91 Å². The third-order valence-electron chi connectivity index (χ3n) is 5.02. The van der Waals surface area contributed by atoms with Crippen molar-refractivity contribution in [2.24, 2.45) is 0 Å². The molecule has 7 nitrogen and oxygen atoms in total. The Labute approximate surface area is 199 Å². The van der Waals surface area contributed by atoms with Gasteiger partial charge < -0.3 is 15.7 Å². The molecule has 0 aliphatic heterocycles. The van der Waals surface area contributed by atoms with Crippen LogP contribution in [0.5, 0.6) is 0 Å². The van der Waals surface area contributed by atoms with Gasteiger partial charge in [0.15, 0.2) is 5.13 Å². The van der Waals surface area contributed by atoms with Gasteiger partial charge in [0.05, 0.1) is 33.6 Å². The first-order valence-electron chi connectivity index (χ1n) is 10.1. The molecule has 33 heavy (non-hydrogen) atoms. The van der Waals surface area contributed by atoms with Crippen molar-refractivity contribution in [2.45, 2.75) is 13.0 Å². The third kappa shape index (κ3) is 5.31. The molecule has 1 heterocycles. The molecule has 1 atom stereocenters. The van der Waals surface area contributed by atoms with Crippen LogP contribution in [0.1, 0.15) is 27.5 Å². The fourth-order valence-electron chi connectivity index (χ4n) is 3.31. The van der Waals surface area contributed by atoms with Crippen LogP contribution in [0, 0.1) is 6.92 Å². The van der Waals surface area contributed by atoms with Crippen LogP contribution in [0.25, 0.3) is 10.2 Å². The number of anilines is 2. The largest absolute Gasteiger partial charge is 0.394 e. The van der Waals surface area contributed by atoms with Crippen molar-refractivity contribution in [3.05, 3.63) is 88.4 Å². The first-order valence-corrected chi connectivity index (χ1v) is 11.3. The van der Waals surface area contributed by atoms with Crippen molar-refractivity contribution < 1.29 is 14.7 Å². The highest BCUT2D eigenvalue weighted by Gasteiger charge is 2.16. The molecule has 168 valence electrons. The SMILES string of the molecule is Cc1cccc(Cl)c1NC(=O)c1ccc2nc(NC(=O)N[C@@H](CO)c3ccccc3)sc2c1. The summed E-state index contributed by atoms with van der Waals surface area (Å²) < 4.78 is 0.746. The average Bonchev–Trinajstić information content (AvgIpc) is 3.21. The Morgan fingerprint density at radius 3 is 2.58 bits per heavy atom. The zero-order valence-electron chi connectivity index (χ0n) is 17.6. The van der Waals surface area contributed by atoms with E-state index < -0.39 is 12.1 Å². The number of carbonyl (C=O) groups excluding carboxylic acids is 2. The number of halogens is 1. The lowest BCUT2D eigenvalue weighted by Crippen LogP contribution is -2.34. The Bertz CT molecular complexity index is 1290.